The molecular weight excluding hydrogens is 352 g/mol. The van der Waals surface area contributed by atoms with E-state index in [9.17, 15) is 13.2 Å². The van der Waals surface area contributed by atoms with Gasteiger partial charge in [-0.3, -0.25) is 0 Å². The summed E-state index contributed by atoms with van der Waals surface area (Å²) in [5.41, 5.74) is 0.481. The first-order chi connectivity index (χ1) is 11.8. The maximum Gasteiger partial charge on any atom is 0.318 e. The molecule has 0 bridgehead atoms. The van der Waals surface area contributed by atoms with Crippen molar-refractivity contribution in [2.75, 3.05) is 6.54 Å². The Morgan fingerprint density at radius 2 is 1.81 bits per heavy atom. The van der Waals surface area contributed by atoms with Crippen LogP contribution < -0.4 is 9.50 Å². The third kappa shape index (κ3) is 7.64. The van der Waals surface area contributed by atoms with Gasteiger partial charge in [-0.1, -0.05) is 26.0 Å². The zero-order chi connectivity index (χ0) is 20.1. The average Bonchev–Trinajstić information content (AvgIpc) is 2.44. The first-order valence-corrected chi connectivity index (χ1v) is 10.4. The van der Waals surface area contributed by atoms with Crippen molar-refractivity contribution in [3.05, 3.63) is 29.8 Å². The van der Waals surface area contributed by atoms with Gasteiger partial charge in [-0.05, 0) is 58.2 Å². The predicted molar refractivity (Wildman–Crippen MR) is 105 cm³/mol. The molecule has 0 aliphatic carbocycles. The van der Waals surface area contributed by atoms with Crippen molar-refractivity contribution in [1.29, 1.82) is 0 Å². The molecule has 2 amide bonds. The molecule has 0 aliphatic heterocycles. The van der Waals surface area contributed by atoms with Gasteiger partial charge in [0.15, 0.2) is 0 Å². The molecule has 1 aromatic rings. The molecule has 0 heterocycles. The highest BCUT2D eigenvalue weighted by Crippen LogP contribution is 2.19. The summed E-state index contributed by atoms with van der Waals surface area (Å²) in [5.74, 6) is 0.568. The lowest BCUT2D eigenvalue weighted by atomic mass is 10.1. The smallest absolute Gasteiger partial charge is 0.318 e. The van der Waals surface area contributed by atoms with E-state index in [1.165, 1.54) is 0 Å². The van der Waals surface area contributed by atoms with Crippen LogP contribution in [0.1, 0.15) is 54.0 Å². The zero-order valence-electron chi connectivity index (χ0n) is 16.9. The Morgan fingerprint density at radius 3 is 2.31 bits per heavy atom. The van der Waals surface area contributed by atoms with Gasteiger partial charge in [-0.2, -0.15) is 8.42 Å². The van der Waals surface area contributed by atoms with Gasteiger partial charge in [0.05, 0.1) is 5.25 Å². The number of amides is 2. The van der Waals surface area contributed by atoms with E-state index in [0.29, 0.717) is 19.0 Å². The summed E-state index contributed by atoms with van der Waals surface area (Å²) in [6.07, 6.45) is 0. The molecular formula is C19H32N2O4S. The molecule has 1 N–H and O–H groups in total. The Kier molecular flexibility index (Phi) is 7.50. The normalized spacial score (nSPS) is 12.3. The number of hydrogen-bond acceptors (Lipinski definition) is 4. The molecule has 0 spiro atoms. The standard InChI is InChI=1S/C19H32N2O4S/c1-14(2)12-21(18(22)20-19(5,6)7)13-16-9-8-10-17(11-16)25-26(23,24)15(3)4/h8-11,14-15H,12-13H2,1-7H3,(H,20,22). The van der Waals surface area contributed by atoms with E-state index >= 15 is 0 Å². The van der Waals surface area contributed by atoms with Crippen LogP contribution in [0.4, 0.5) is 4.79 Å². The van der Waals surface area contributed by atoms with Crippen LogP contribution in [-0.2, 0) is 16.7 Å². The molecule has 0 fully saturated rings. The second kappa shape index (κ2) is 8.75. The van der Waals surface area contributed by atoms with E-state index in [4.69, 9.17) is 4.18 Å². The fourth-order valence-corrected chi connectivity index (χ4v) is 2.77. The lowest BCUT2D eigenvalue weighted by Crippen LogP contribution is -2.49. The topological polar surface area (TPSA) is 75.7 Å². The van der Waals surface area contributed by atoms with Crippen LogP contribution in [0, 0.1) is 5.92 Å². The molecule has 1 rings (SSSR count). The van der Waals surface area contributed by atoms with Gasteiger partial charge in [0.2, 0.25) is 0 Å². The van der Waals surface area contributed by atoms with Crippen molar-refractivity contribution in [2.45, 2.75) is 65.8 Å². The van der Waals surface area contributed by atoms with E-state index < -0.39 is 15.4 Å². The van der Waals surface area contributed by atoms with Gasteiger partial charge in [0.25, 0.3) is 0 Å². The Hall–Kier alpha value is -1.76. The molecule has 0 unspecified atom stereocenters. The third-order valence-corrected chi connectivity index (χ3v) is 5.00. The second-order valence-corrected chi connectivity index (χ2v) is 10.3. The molecule has 0 aliphatic rings. The van der Waals surface area contributed by atoms with Gasteiger partial charge in [-0.15, -0.1) is 0 Å². The first kappa shape index (κ1) is 22.3. The molecule has 0 radical (unpaired) electrons. The van der Waals surface area contributed by atoms with Crippen molar-refractivity contribution >= 4 is 16.1 Å². The molecule has 7 heteroatoms. The van der Waals surface area contributed by atoms with E-state index in [0.717, 1.165) is 5.56 Å². The summed E-state index contributed by atoms with van der Waals surface area (Å²) in [7, 11) is -3.65. The summed E-state index contributed by atoms with van der Waals surface area (Å²) in [4.78, 5) is 14.3. The van der Waals surface area contributed by atoms with Crippen LogP contribution in [0.5, 0.6) is 5.75 Å². The second-order valence-electron chi connectivity index (χ2n) is 8.23. The molecule has 0 atom stereocenters. The molecule has 6 nitrogen and oxygen atoms in total. The highest BCUT2D eigenvalue weighted by molar-refractivity contribution is 7.87. The van der Waals surface area contributed by atoms with E-state index in [1.54, 1.807) is 36.9 Å². The minimum Gasteiger partial charge on any atom is -0.382 e. The van der Waals surface area contributed by atoms with E-state index in [2.05, 4.69) is 5.32 Å². The van der Waals surface area contributed by atoms with Gasteiger partial charge in [0.1, 0.15) is 5.75 Å². The quantitative estimate of drug-likeness (QED) is 0.726. The number of carbonyl (C=O) groups excluding carboxylic acids is 1. The SMILES string of the molecule is CC(C)CN(Cc1cccc(OS(=O)(=O)C(C)C)c1)C(=O)NC(C)(C)C. The zero-order valence-corrected chi connectivity index (χ0v) is 17.7. The van der Waals surface area contributed by atoms with Crippen LogP contribution >= 0.6 is 0 Å². The van der Waals surface area contributed by atoms with Gasteiger partial charge in [-0.25, -0.2) is 4.79 Å². The summed E-state index contributed by atoms with van der Waals surface area (Å²) in [6, 6.07) is 6.71. The fraction of sp³-hybridized carbons (Fsp3) is 0.632. The highest BCUT2D eigenvalue weighted by Gasteiger charge is 2.22. The Labute approximate surface area is 158 Å². The minimum atomic E-state index is -3.65. The van der Waals surface area contributed by atoms with Crippen LogP contribution in [0.15, 0.2) is 24.3 Å². The minimum absolute atomic E-state index is 0.146. The van der Waals surface area contributed by atoms with Crippen molar-refractivity contribution < 1.29 is 17.4 Å². The summed E-state index contributed by atoms with van der Waals surface area (Å²) in [6.45, 7) is 14.0. The molecule has 0 aromatic heterocycles. The largest absolute Gasteiger partial charge is 0.382 e. The first-order valence-electron chi connectivity index (χ1n) is 8.89. The average molecular weight is 385 g/mol. The molecule has 0 saturated carbocycles. The monoisotopic (exact) mass is 384 g/mol. The van der Waals surface area contributed by atoms with E-state index in [-0.39, 0.29) is 17.3 Å². The lowest BCUT2D eigenvalue weighted by molar-refractivity contribution is 0.179. The summed E-state index contributed by atoms with van der Waals surface area (Å²) < 4.78 is 29.1. The van der Waals surface area contributed by atoms with Crippen LogP contribution in [-0.4, -0.2) is 36.7 Å². The molecule has 0 saturated heterocycles. The van der Waals surface area contributed by atoms with Gasteiger partial charge in [0, 0.05) is 18.6 Å². The molecule has 26 heavy (non-hydrogen) atoms. The number of hydrogen-bond donors (Lipinski definition) is 1. The van der Waals surface area contributed by atoms with Crippen molar-refractivity contribution in [1.82, 2.24) is 10.2 Å². The number of nitrogens with zero attached hydrogens (tertiary/aromatic N) is 1. The Balaban J connectivity index is 2.98. The van der Waals surface area contributed by atoms with Crippen LogP contribution in [0.25, 0.3) is 0 Å². The number of rotatable bonds is 7. The van der Waals surface area contributed by atoms with Crippen LogP contribution in [0.3, 0.4) is 0 Å². The van der Waals surface area contributed by atoms with Crippen molar-refractivity contribution in [3.63, 3.8) is 0 Å². The van der Waals surface area contributed by atoms with Gasteiger partial charge < -0.3 is 14.4 Å². The van der Waals surface area contributed by atoms with Crippen molar-refractivity contribution in [3.8, 4) is 5.75 Å². The number of nitrogens with one attached hydrogen (secondary N) is 1. The Bertz CT molecular complexity index is 706. The number of benzene rings is 1. The van der Waals surface area contributed by atoms with E-state index in [1.807, 2.05) is 40.7 Å². The van der Waals surface area contributed by atoms with Crippen LogP contribution in [0.2, 0.25) is 0 Å². The Morgan fingerprint density at radius 1 is 1.19 bits per heavy atom. The predicted octanol–water partition coefficient (Wildman–Crippen LogP) is 3.77. The fourth-order valence-electron chi connectivity index (χ4n) is 2.21. The lowest BCUT2D eigenvalue weighted by Gasteiger charge is -2.29. The number of carbonyl (C=O) groups is 1. The summed E-state index contributed by atoms with van der Waals surface area (Å²) >= 11 is 0. The van der Waals surface area contributed by atoms with Crippen molar-refractivity contribution in [2.24, 2.45) is 5.92 Å². The van der Waals surface area contributed by atoms with Gasteiger partial charge >= 0.3 is 16.1 Å². The summed E-state index contributed by atoms with van der Waals surface area (Å²) in [5, 5.41) is 2.35. The third-order valence-electron chi connectivity index (χ3n) is 3.42. The maximum absolute atomic E-state index is 12.6. The highest BCUT2D eigenvalue weighted by atomic mass is 32.2. The number of urea groups is 1. The molecule has 148 valence electrons. The molecule has 1 aromatic carbocycles. The maximum atomic E-state index is 12.6.